The second-order valence-corrected chi connectivity index (χ2v) is 4.09. The van der Waals surface area contributed by atoms with Crippen molar-refractivity contribution in [2.75, 3.05) is 11.2 Å². The van der Waals surface area contributed by atoms with Crippen LogP contribution in [0, 0.1) is 24.0 Å². The number of nitro groups is 1. The minimum atomic E-state index is -0.495. The van der Waals surface area contributed by atoms with Crippen LogP contribution in [0.2, 0.25) is 0 Å². The summed E-state index contributed by atoms with van der Waals surface area (Å²) in [7, 11) is 0. The first kappa shape index (κ1) is 12.0. The van der Waals surface area contributed by atoms with Crippen molar-refractivity contribution < 1.29 is 4.92 Å². The molecule has 94 valence electrons. The Balaban J connectivity index is 2.31. The summed E-state index contributed by atoms with van der Waals surface area (Å²) in [4.78, 5) is 10.2. The summed E-state index contributed by atoms with van der Waals surface area (Å²) in [5.74, 6) is 0. The minimum Gasteiger partial charge on any atom is -0.393 e. The van der Waals surface area contributed by atoms with Gasteiger partial charge in [0.1, 0.15) is 5.69 Å². The first-order chi connectivity index (χ1) is 8.49. The highest BCUT2D eigenvalue weighted by Crippen LogP contribution is 2.25. The van der Waals surface area contributed by atoms with E-state index < -0.39 is 4.92 Å². The third kappa shape index (κ3) is 2.13. The number of nitrogens with zero attached hydrogens (tertiary/aromatic N) is 2. The van der Waals surface area contributed by atoms with Crippen LogP contribution in [0.15, 0.2) is 30.3 Å². The molecule has 2 aromatic rings. The Morgan fingerprint density at radius 1 is 1.22 bits per heavy atom. The molecule has 0 saturated carbocycles. The molecule has 0 radical (unpaired) electrons. The van der Waals surface area contributed by atoms with Gasteiger partial charge in [0.2, 0.25) is 0 Å². The van der Waals surface area contributed by atoms with E-state index in [1.807, 2.05) is 30.7 Å². The van der Waals surface area contributed by atoms with Crippen molar-refractivity contribution in [2.24, 2.45) is 0 Å². The molecule has 0 atom stereocenters. The fourth-order valence-electron chi connectivity index (χ4n) is 1.76. The molecule has 0 unspecified atom stereocenters. The van der Waals surface area contributed by atoms with Crippen molar-refractivity contribution in [2.45, 2.75) is 13.8 Å². The van der Waals surface area contributed by atoms with E-state index in [4.69, 9.17) is 5.73 Å². The molecular weight excluding hydrogens is 232 g/mol. The first-order valence-corrected chi connectivity index (χ1v) is 5.45. The highest BCUT2D eigenvalue weighted by Gasteiger charge is 2.11. The van der Waals surface area contributed by atoms with Crippen molar-refractivity contribution in [1.82, 2.24) is 4.68 Å². The molecule has 0 amide bonds. The molecule has 2 rings (SSSR count). The number of anilines is 2. The lowest BCUT2D eigenvalue weighted by molar-refractivity contribution is -0.383. The van der Waals surface area contributed by atoms with E-state index in [1.165, 1.54) is 6.07 Å². The van der Waals surface area contributed by atoms with Crippen molar-refractivity contribution in [3.05, 3.63) is 51.8 Å². The molecule has 0 aliphatic carbocycles. The summed E-state index contributed by atoms with van der Waals surface area (Å²) in [6.07, 6.45) is 0. The van der Waals surface area contributed by atoms with Crippen LogP contribution in [0.3, 0.4) is 0 Å². The number of nitrogens with two attached hydrogens (primary N) is 1. The maximum atomic E-state index is 10.7. The summed E-state index contributed by atoms with van der Waals surface area (Å²) in [6, 6.07) is 8.55. The van der Waals surface area contributed by atoms with Gasteiger partial charge in [-0.15, -0.1) is 0 Å². The normalized spacial score (nSPS) is 10.3. The fourth-order valence-corrected chi connectivity index (χ4v) is 1.76. The van der Waals surface area contributed by atoms with E-state index in [2.05, 4.69) is 5.43 Å². The molecule has 1 aromatic heterocycles. The minimum absolute atomic E-state index is 0.0819. The SMILES string of the molecule is Cc1ccc(C)n1Nc1ccc([N+](=O)[O-])c(N)c1. The van der Waals surface area contributed by atoms with Gasteiger partial charge in [0.25, 0.3) is 5.69 Å². The van der Waals surface area contributed by atoms with Crippen LogP contribution in [0.1, 0.15) is 11.4 Å². The highest BCUT2D eigenvalue weighted by atomic mass is 16.6. The molecule has 0 fully saturated rings. The average molecular weight is 246 g/mol. The Bertz CT molecular complexity index is 585. The Hall–Kier alpha value is -2.50. The molecule has 0 aliphatic rings. The van der Waals surface area contributed by atoms with Crippen LogP contribution < -0.4 is 11.2 Å². The summed E-state index contributed by atoms with van der Waals surface area (Å²) < 4.78 is 1.89. The predicted molar refractivity (Wildman–Crippen MR) is 70.4 cm³/mol. The van der Waals surface area contributed by atoms with Crippen LogP contribution in [0.25, 0.3) is 0 Å². The molecule has 0 aliphatic heterocycles. The van der Waals surface area contributed by atoms with Crippen LogP contribution in [-0.2, 0) is 0 Å². The van der Waals surface area contributed by atoms with Gasteiger partial charge in [-0.1, -0.05) is 0 Å². The molecule has 6 nitrogen and oxygen atoms in total. The van der Waals surface area contributed by atoms with E-state index >= 15 is 0 Å². The standard InChI is InChI=1S/C12H14N4O2/c1-8-3-4-9(2)15(8)14-10-5-6-12(16(17)18)11(13)7-10/h3-7,14H,13H2,1-2H3. The topological polar surface area (TPSA) is 86.1 Å². The largest absolute Gasteiger partial charge is 0.393 e. The third-order valence-electron chi connectivity index (χ3n) is 2.74. The first-order valence-electron chi connectivity index (χ1n) is 5.45. The Labute approximate surface area is 104 Å². The Kier molecular flexibility index (Phi) is 2.93. The maximum absolute atomic E-state index is 10.7. The second kappa shape index (κ2) is 4.40. The fraction of sp³-hybridized carbons (Fsp3) is 0.167. The van der Waals surface area contributed by atoms with E-state index in [0.29, 0.717) is 5.69 Å². The lowest BCUT2D eigenvalue weighted by Crippen LogP contribution is -2.12. The molecule has 1 heterocycles. The van der Waals surface area contributed by atoms with Gasteiger partial charge in [0, 0.05) is 17.5 Å². The van der Waals surface area contributed by atoms with Gasteiger partial charge in [0.15, 0.2) is 0 Å². The van der Waals surface area contributed by atoms with E-state index in [-0.39, 0.29) is 11.4 Å². The molecule has 0 saturated heterocycles. The summed E-state index contributed by atoms with van der Waals surface area (Å²) in [5.41, 5.74) is 11.6. The number of hydrogen-bond acceptors (Lipinski definition) is 4. The smallest absolute Gasteiger partial charge is 0.292 e. The van der Waals surface area contributed by atoms with E-state index in [1.54, 1.807) is 12.1 Å². The quantitative estimate of drug-likeness (QED) is 0.495. The molecule has 0 bridgehead atoms. The van der Waals surface area contributed by atoms with Crippen LogP contribution in [0.4, 0.5) is 17.1 Å². The Morgan fingerprint density at radius 3 is 2.33 bits per heavy atom. The van der Waals surface area contributed by atoms with Crippen molar-refractivity contribution in [3.63, 3.8) is 0 Å². The monoisotopic (exact) mass is 246 g/mol. The van der Waals surface area contributed by atoms with Gasteiger partial charge in [-0.05, 0) is 38.1 Å². The number of nitrogens with one attached hydrogen (secondary N) is 1. The van der Waals surface area contributed by atoms with Crippen molar-refractivity contribution in [3.8, 4) is 0 Å². The molecule has 3 N–H and O–H groups in total. The highest BCUT2D eigenvalue weighted by molar-refractivity contribution is 5.65. The average Bonchev–Trinajstić information content (AvgIpc) is 2.60. The van der Waals surface area contributed by atoms with E-state index in [0.717, 1.165) is 11.4 Å². The van der Waals surface area contributed by atoms with Crippen molar-refractivity contribution in [1.29, 1.82) is 0 Å². The second-order valence-electron chi connectivity index (χ2n) is 4.09. The maximum Gasteiger partial charge on any atom is 0.292 e. The van der Waals surface area contributed by atoms with Gasteiger partial charge in [-0.2, -0.15) is 0 Å². The zero-order valence-electron chi connectivity index (χ0n) is 10.2. The summed E-state index contributed by atoms with van der Waals surface area (Å²) >= 11 is 0. The number of rotatable bonds is 3. The summed E-state index contributed by atoms with van der Waals surface area (Å²) in [5, 5.41) is 10.7. The number of aromatic nitrogens is 1. The molecular formula is C12H14N4O2. The van der Waals surface area contributed by atoms with Crippen LogP contribution in [0.5, 0.6) is 0 Å². The lowest BCUT2D eigenvalue weighted by atomic mass is 10.2. The number of nitro benzene ring substituents is 1. The zero-order chi connectivity index (χ0) is 13.3. The van der Waals surface area contributed by atoms with Crippen LogP contribution in [-0.4, -0.2) is 9.60 Å². The number of aryl methyl sites for hydroxylation is 2. The molecule has 6 heteroatoms. The van der Waals surface area contributed by atoms with Gasteiger partial charge in [-0.25, -0.2) is 0 Å². The summed E-state index contributed by atoms with van der Waals surface area (Å²) in [6.45, 7) is 3.93. The van der Waals surface area contributed by atoms with Gasteiger partial charge < -0.3 is 5.73 Å². The Morgan fingerprint density at radius 2 is 1.83 bits per heavy atom. The van der Waals surface area contributed by atoms with Crippen molar-refractivity contribution >= 4 is 17.1 Å². The molecule has 1 aromatic carbocycles. The van der Waals surface area contributed by atoms with E-state index in [9.17, 15) is 10.1 Å². The molecule has 18 heavy (non-hydrogen) atoms. The number of hydrogen-bond donors (Lipinski definition) is 2. The van der Waals surface area contributed by atoms with Crippen LogP contribution >= 0.6 is 0 Å². The lowest BCUT2D eigenvalue weighted by Gasteiger charge is -2.12. The molecule has 0 spiro atoms. The van der Waals surface area contributed by atoms with Gasteiger partial charge in [0.05, 0.1) is 10.6 Å². The van der Waals surface area contributed by atoms with Gasteiger partial charge in [-0.3, -0.25) is 20.2 Å². The third-order valence-corrected chi connectivity index (χ3v) is 2.74. The predicted octanol–water partition coefficient (Wildman–Crippen LogP) is 2.47. The zero-order valence-corrected chi connectivity index (χ0v) is 10.2. The van der Waals surface area contributed by atoms with Gasteiger partial charge >= 0.3 is 0 Å². The number of nitrogen functional groups attached to an aromatic ring is 1. The number of benzene rings is 1.